The van der Waals surface area contributed by atoms with E-state index >= 15 is 0 Å². The SMILES string of the molecule is CCCCC(NC(C)c1cnn(C)c1C)c1ccccc1. The Hall–Kier alpha value is -1.61. The number of unbranched alkanes of at least 4 members (excludes halogenated alkanes) is 1. The first-order valence-corrected chi connectivity index (χ1v) is 7.93. The lowest BCUT2D eigenvalue weighted by Crippen LogP contribution is -2.25. The monoisotopic (exact) mass is 285 g/mol. The molecule has 0 spiro atoms. The van der Waals surface area contributed by atoms with Crippen LogP contribution < -0.4 is 5.32 Å². The molecule has 0 radical (unpaired) electrons. The molecule has 3 nitrogen and oxygen atoms in total. The van der Waals surface area contributed by atoms with Gasteiger partial charge < -0.3 is 5.32 Å². The van der Waals surface area contributed by atoms with E-state index < -0.39 is 0 Å². The lowest BCUT2D eigenvalue weighted by molar-refractivity contribution is 0.430. The van der Waals surface area contributed by atoms with Gasteiger partial charge in [0, 0.05) is 30.4 Å². The van der Waals surface area contributed by atoms with E-state index in [4.69, 9.17) is 0 Å². The topological polar surface area (TPSA) is 29.9 Å². The molecule has 0 aliphatic rings. The fourth-order valence-corrected chi connectivity index (χ4v) is 2.77. The van der Waals surface area contributed by atoms with Crippen molar-refractivity contribution in [2.75, 3.05) is 0 Å². The number of nitrogens with zero attached hydrogens (tertiary/aromatic N) is 2. The molecule has 1 aromatic carbocycles. The van der Waals surface area contributed by atoms with Crippen LogP contribution in [0.15, 0.2) is 36.5 Å². The highest BCUT2D eigenvalue weighted by Crippen LogP contribution is 2.25. The molecule has 2 aromatic rings. The third kappa shape index (κ3) is 3.94. The number of hydrogen-bond donors (Lipinski definition) is 1. The molecular weight excluding hydrogens is 258 g/mol. The van der Waals surface area contributed by atoms with Gasteiger partial charge in [0.1, 0.15) is 0 Å². The summed E-state index contributed by atoms with van der Waals surface area (Å²) in [5, 5.41) is 8.14. The summed E-state index contributed by atoms with van der Waals surface area (Å²) in [6.45, 7) is 6.60. The highest BCUT2D eigenvalue weighted by molar-refractivity contribution is 5.23. The number of hydrogen-bond acceptors (Lipinski definition) is 2. The van der Waals surface area contributed by atoms with Crippen LogP contribution in [0.3, 0.4) is 0 Å². The minimum atomic E-state index is 0.306. The fourth-order valence-electron chi connectivity index (χ4n) is 2.77. The smallest absolute Gasteiger partial charge is 0.0540 e. The predicted molar refractivity (Wildman–Crippen MR) is 88.2 cm³/mol. The van der Waals surface area contributed by atoms with Crippen LogP contribution in [0.4, 0.5) is 0 Å². The zero-order valence-electron chi connectivity index (χ0n) is 13.6. The third-order valence-corrected chi connectivity index (χ3v) is 4.24. The Morgan fingerprint density at radius 1 is 1.24 bits per heavy atom. The van der Waals surface area contributed by atoms with E-state index in [1.807, 2.05) is 17.9 Å². The van der Waals surface area contributed by atoms with Crippen molar-refractivity contribution in [1.29, 1.82) is 0 Å². The van der Waals surface area contributed by atoms with Crippen molar-refractivity contribution >= 4 is 0 Å². The van der Waals surface area contributed by atoms with Crippen molar-refractivity contribution in [2.45, 2.75) is 52.1 Å². The highest BCUT2D eigenvalue weighted by Gasteiger charge is 2.17. The minimum absolute atomic E-state index is 0.306. The number of nitrogens with one attached hydrogen (secondary N) is 1. The van der Waals surface area contributed by atoms with Crippen LogP contribution in [0.1, 0.15) is 62.0 Å². The summed E-state index contributed by atoms with van der Waals surface area (Å²) >= 11 is 0. The van der Waals surface area contributed by atoms with Crippen LogP contribution in [0, 0.1) is 6.92 Å². The van der Waals surface area contributed by atoms with Gasteiger partial charge in [-0.05, 0) is 25.8 Å². The molecule has 0 bridgehead atoms. The van der Waals surface area contributed by atoms with Gasteiger partial charge in [0.15, 0.2) is 0 Å². The molecule has 2 unspecified atom stereocenters. The Morgan fingerprint density at radius 3 is 2.52 bits per heavy atom. The van der Waals surface area contributed by atoms with Crippen LogP contribution in [-0.2, 0) is 7.05 Å². The van der Waals surface area contributed by atoms with E-state index in [2.05, 4.69) is 61.5 Å². The summed E-state index contributed by atoms with van der Waals surface area (Å²) in [5.41, 5.74) is 3.89. The molecule has 0 aliphatic carbocycles. The standard InChI is InChI=1S/C18H27N3/c1-5-6-12-18(16-10-8-7-9-11-16)20-14(2)17-13-19-21(4)15(17)3/h7-11,13-14,18,20H,5-6,12H2,1-4H3. The molecule has 1 heterocycles. The Kier molecular flexibility index (Phi) is 5.57. The summed E-state index contributed by atoms with van der Waals surface area (Å²) in [4.78, 5) is 0. The van der Waals surface area contributed by atoms with E-state index in [9.17, 15) is 0 Å². The van der Waals surface area contributed by atoms with Crippen LogP contribution >= 0.6 is 0 Å². The lowest BCUT2D eigenvalue weighted by atomic mass is 9.99. The number of aryl methyl sites for hydroxylation is 1. The summed E-state index contributed by atoms with van der Waals surface area (Å²) in [7, 11) is 2.00. The number of aromatic nitrogens is 2. The van der Waals surface area contributed by atoms with Crippen molar-refractivity contribution in [3.63, 3.8) is 0 Å². The summed E-state index contributed by atoms with van der Waals surface area (Å²) in [6.07, 6.45) is 5.62. The van der Waals surface area contributed by atoms with Crippen molar-refractivity contribution in [3.8, 4) is 0 Å². The van der Waals surface area contributed by atoms with Crippen molar-refractivity contribution in [3.05, 3.63) is 53.3 Å². The predicted octanol–water partition coefficient (Wildman–Crippen LogP) is 4.31. The molecule has 0 saturated heterocycles. The highest BCUT2D eigenvalue weighted by atomic mass is 15.3. The van der Waals surface area contributed by atoms with Gasteiger partial charge in [0.2, 0.25) is 0 Å². The van der Waals surface area contributed by atoms with Gasteiger partial charge in [0.05, 0.1) is 6.20 Å². The first-order valence-electron chi connectivity index (χ1n) is 7.93. The first-order chi connectivity index (χ1) is 10.1. The molecule has 1 aromatic heterocycles. The molecule has 21 heavy (non-hydrogen) atoms. The van der Waals surface area contributed by atoms with Crippen molar-refractivity contribution < 1.29 is 0 Å². The maximum absolute atomic E-state index is 4.36. The van der Waals surface area contributed by atoms with E-state index in [1.54, 1.807) is 0 Å². The zero-order chi connectivity index (χ0) is 15.2. The number of rotatable bonds is 7. The van der Waals surface area contributed by atoms with Crippen molar-refractivity contribution in [1.82, 2.24) is 15.1 Å². The molecule has 2 atom stereocenters. The zero-order valence-corrected chi connectivity index (χ0v) is 13.6. The Bertz CT molecular complexity index is 545. The average Bonchev–Trinajstić information content (AvgIpc) is 2.84. The lowest BCUT2D eigenvalue weighted by Gasteiger charge is -2.24. The summed E-state index contributed by atoms with van der Waals surface area (Å²) in [5.74, 6) is 0. The molecule has 114 valence electrons. The Morgan fingerprint density at radius 2 is 1.95 bits per heavy atom. The van der Waals surface area contributed by atoms with Gasteiger partial charge in [-0.25, -0.2) is 0 Å². The average molecular weight is 285 g/mol. The second-order valence-corrected chi connectivity index (χ2v) is 5.80. The molecule has 0 amide bonds. The normalized spacial score (nSPS) is 14.1. The summed E-state index contributed by atoms with van der Waals surface area (Å²) in [6, 6.07) is 11.5. The second-order valence-electron chi connectivity index (χ2n) is 5.80. The van der Waals surface area contributed by atoms with Gasteiger partial charge in [-0.2, -0.15) is 5.10 Å². The molecule has 3 heteroatoms. The second kappa shape index (κ2) is 7.41. The Balaban J connectivity index is 2.13. The van der Waals surface area contributed by atoms with Crippen LogP contribution in [0.2, 0.25) is 0 Å². The third-order valence-electron chi connectivity index (χ3n) is 4.24. The minimum Gasteiger partial charge on any atom is -0.303 e. The van der Waals surface area contributed by atoms with Crippen LogP contribution in [-0.4, -0.2) is 9.78 Å². The van der Waals surface area contributed by atoms with E-state index in [0.717, 1.165) is 0 Å². The van der Waals surface area contributed by atoms with Gasteiger partial charge in [-0.1, -0.05) is 50.1 Å². The molecule has 0 fully saturated rings. The van der Waals surface area contributed by atoms with E-state index in [1.165, 1.54) is 36.1 Å². The van der Waals surface area contributed by atoms with Crippen LogP contribution in [0.5, 0.6) is 0 Å². The van der Waals surface area contributed by atoms with Gasteiger partial charge >= 0.3 is 0 Å². The maximum Gasteiger partial charge on any atom is 0.0540 e. The molecule has 1 N–H and O–H groups in total. The summed E-state index contributed by atoms with van der Waals surface area (Å²) < 4.78 is 1.94. The maximum atomic E-state index is 4.36. The van der Waals surface area contributed by atoms with Crippen LogP contribution in [0.25, 0.3) is 0 Å². The van der Waals surface area contributed by atoms with Gasteiger partial charge in [0.25, 0.3) is 0 Å². The largest absolute Gasteiger partial charge is 0.303 e. The van der Waals surface area contributed by atoms with E-state index in [0.29, 0.717) is 12.1 Å². The van der Waals surface area contributed by atoms with Gasteiger partial charge in [-0.3, -0.25) is 4.68 Å². The number of benzene rings is 1. The fraction of sp³-hybridized carbons (Fsp3) is 0.500. The Labute approximate surface area is 128 Å². The first kappa shape index (κ1) is 15.8. The molecule has 0 aliphatic heterocycles. The molecular formula is C18H27N3. The van der Waals surface area contributed by atoms with E-state index in [-0.39, 0.29) is 0 Å². The van der Waals surface area contributed by atoms with Gasteiger partial charge in [-0.15, -0.1) is 0 Å². The van der Waals surface area contributed by atoms with Crippen molar-refractivity contribution in [2.24, 2.45) is 7.05 Å². The molecule has 0 saturated carbocycles. The molecule has 2 rings (SSSR count). The quantitative estimate of drug-likeness (QED) is 0.821.